The van der Waals surface area contributed by atoms with Gasteiger partial charge in [0, 0.05) is 60.0 Å². The van der Waals surface area contributed by atoms with E-state index >= 15 is 0 Å². The first-order valence-electron chi connectivity index (χ1n) is 13.5. The van der Waals surface area contributed by atoms with Gasteiger partial charge in [-0.3, -0.25) is 9.45 Å². The second kappa shape index (κ2) is 12.9. The van der Waals surface area contributed by atoms with Gasteiger partial charge in [-0.2, -0.15) is 13.5 Å². The molecule has 3 aromatic heterocycles. The van der Waals surface area contributed by atoms with Crippen molar-refractivity contribution < 1.29 is 26.9 Å². The van der Waals surface area contributed by atoms with E-state index in [1.165, 1.54) is 41.9 Å². The Morgan fingerprint density at radius 2 is 1.80 bits per heavy atom. The number of aliphatic hydroxyl groups is 1. The zero-order chi connectivity index (χ0) is 31.5. The smallest absolute Gasteiger partial charge is 0.294 e. The van der Waals surface area contributed by atoms with Gasteiger partial charge < -0.3 is 5.11 Å². The van der Waals surface area contributed by atoms with Gasteiger partial charge >= 0.3 is 0 Å². The summed E-state index contributed by atoms with van der Waals surface area (Å²) in [6.45, 7) is 4.83. The topological polar surface area (TPSA) is 147 Å². The number of halogens is 2. The van der Waals surface area contributed by atoms with Gasteiger partial charge in [-0.15, -0.1) is 11.3 Å². The summed E-state index contributed by atoms with van der Waals surface area (Å²) in [7, 11) is -4.02. The van der Waals surface area contributed by atoms with E-state index in [9.17, 15) is 22.3 Å². The SMILES string of the molecule is C[C@@H](N1CCc2nc(-c3cncnc3)sc2C1)[C@](O)(Cn1cncn1)c1ccc(F)cc1F.Cc1ccc(S(=O)(=O)O)cc1. The predicted molar refractivity (Wildman–Crippen MR) is 158 cm³/mol. The third-order valence-corrected chi connectivity index (χ3v) is 9.39. The summed E-state index contributed by atoms with van der Waals surface area (Å²) in [6.07, 6.45) is 8.44. The highest BCUT2D eigenvalue weighted by atomic mass is 32.2. The maximum atomic E-state index is 14.8. The second-order valence-electron chi connectivity index (χ2n) is 10.3. The average Bonchev–Trinajstić information content (AvgIpc) is 3.67. The first-order valence-corrected chi connectivity index (χ1v) is 15.7. The standard InChI is InChI=1S/C22H21F2N7OS.C7H8O3S/c1-14(22(32,10-31-13-27-12-28-31)17-3-2-16(23)6-18(17)24)30-5-4-19-20(9-30)33-21(29-19)15-7-25-11-26-8-15;1-6-2-4-7(5-3-6)11(8,9)10/h2-3,6-8,11-14,32H,4-5,9-10H2,1H3;2-5H,1H3,(H,8,9,10)/t14-,22-;/m1./s1. The number of benzene rings is 2. The zero-order valence-corrected chi connectivity index (χ0v) is 25.4. The van der Waals surface area contributed by atoms with Crippen LogP contribution in [0.25, 0.3) is 10.6 Å². The van der Waals surface area contributed by atoms with Crippen molar-refractivity contribution >= 4 is 21.5 Å². The molecule has 2 aromatic carbocycles. The van der Waals surface area contributed by atoms with Crippen molar-refractivity contribution in [3.8, 4) is 10.6 Å². The summed E-state index contributed by atoms with van der Waals surface area (Å²) in [5, 5.41) is 16.8. The van der Waals surface area contributed by atoms with Crippen LogP contribution in [0.2, 0.25) is 0 Å². The molecule has 0 bridgehead atoms. The fourth-order valence-electron chi connectivity index (χ4n) is 4.94. The van der Waals surface area contributed by atoms with E-state index in [0.29, 0.717) is 19.5 Å². The fraction of sp³-hybridized carbons (Fsp3) is 0.276. The summed E-state index contributed by atoms with van der Waals surface area (Å²) in [4.78, 5) is 19.9. The van der Waals surface area contributed by atoms with Gasteiger partial charge in [-0.25, -0.2) is 33.4 Å². The minimum Gasteiger partial charge on any atom is -0.381 e. The predicted octanol–water partition coefficient (Wildman–Crippen LogP) is 4.05. The lowest BCUT2D eigenvalue weighted by Crippen LogP contribution is -2.53. The maximum absolute atomic E-state index is 14.8. The molecule has 1 aliphatic heterocycles. The summed E-state index contributed by atoms with van der Waals surface area (Å²) in [5.41, 5.74) is 1.16. The molecule has 0 fully saturated rings. The molecule has 0 amide bonds. The Balaban J connectivity index is 0.000000296. The largest absolute Gasteiger partial charge is 0.381 e. The van der Waals surface area contributed by atoms with Crippen LogP contribution in [0.3, 0.4) is 0 Å². The molecule has 2 atom stereocenters. The number of fused-ring (bicyclic) bond motifs is 1. The molecule has 0 saturated heterocycles. The number of hydrogen-bond acceptors (Lipinski definition) is 10. The highest BCUT2D eigenvalue weighted by Crippen LogP contribution is 2.37. The number of nitrogens with zero attached hydrogens (tertiary/aromatic N) is 7. The van der Waals surface area contributed by atoms with Crippen LogP contribution in [0.5, 0.6) is 0 Å². The van der Waals surface area contributed by atoms with Crippen LogP contribution in [-0.2, 0) is 35.2 Å². The van der Waals surface area contributed by atoms with Crippen LogP contribution >= 0.6 is 11.3 Å². The minimum atomic E-state index is -4.02. The van der Waals surface area contributed by atoms with Crippen molar-refractivity contribution in [2.24, 2.45) is 0 Å². The van der Waals surface area contributed by atoms with Crippen molar-refractivity contribution in [3.05, 3.63) is 107 Å². The van der Waals surface area contributed by atoms with Crippen molar-refractivity contribution in [3.63, 3.8) is 0 Å². The van der Waals surface area contributed by atoms with E-state index in [2.05, 4.69) is 25.0 Å². The molecule has 230 valence electrons. The average molecular weight is 642 g/mol. The third-order valence-electron chi connectivity index (χ3n) is 7.39. The Hall–Kier alpha value is -4.02. The lowest BCUT2D eigenvalue weighted by Gasteiger charge is -2.42. The number of hydrogen-bond donors (Lipinski definition) is 2. The molecule has 44 heavy (non-hydrogen) atoms. The summed E-state index contributed by atoms with van der Waals surface area (Å²) < 4.78 is 59.5. The molecule has 2 N–H and O–H groups in total. The molecule has 5 aromatic rings. The summed E-state index contributed by atoms with van der Waals surface area (Å²) in [6, 6.07) is 8.72. The van der Waals surface area contributed by atoms with Gasteiger partial charge in [0.25, 0.3) is 10.1 Å². The van der Waals surface area contributed by atoms with Gasteiger partial charge in [0.2, 0.25) is 0 Å². The van der Waals surface area contributed by atoms with Crippen molar-refractivity contribution in [1.82, 2.24) is 34.6 Å². The number of thiazole rings is 1. The van der Waals surface area contributed by atoms with E-state index in [4.69, 9.17) is 9.54 Å². The van der Waals surface area contributed by atoms with E-state index in [0.717, 1.165) is 38.8 Å². The molecule has 0 saturated carbocycles. The first kappa shape index (κ1) is 31.4. The Morgan fingerprint density at radius 1 is 1.07 bits per heavy atom. The van der Waals surface area contributed by atoms with E-state index in [1.54, 1.807) is 35.9 Å². The number of aromatic nitrogens is 6. The normalized spacial score (nSPS) is 15.5. The van der Waals surface area contributed by atoms with E-state index in [-0.39, 0.29) is 17.0 Å². The highest BCUT2D eigenvalue weighted by Gasteiger charge is 2.43. The first-order chi connectivity index (χ1) is 20.9. The van der Waals surface area contributed by atoms with Gasteiger partial charge in [0.15, 0.2) is 0 Å². The van der Waals surface area contributed by atoms with Crippen molar-refractivity contribution in [1.29, 1.82) is 0 Å². The van der Waals surface area contributed by atoms with Gasteiger partial charge in [-0.1, -0.05) is 23.8 Å². The van der Waals surface area contributed by atoms with E-state index < -0.39 is 33.4 Å². The van der Waals surface area contributed by atoms with Gasteiger partial charge in [0.1, 0.15) is 41.2 Å². The van der Waals surface area contributed by atoms with Crippen LogP contribution in [-0.4, -0.2) is 65.3 Å². The zero-order valence-electron chi connectivity index (χ0n) is 23.7. The molecule has 11 nitrogen and oxygen atoms in total. The second-order valence-corrected chi connectivity index (χ2v) is 12.8. The van der Waals surface area contributed by atoms with Crippen LogP contribution in [0.4, 0.5) is 8.78 Å². The van der Waals surface area contributed by atoms with E-state index in [1.807, 2.05) is 13.8 Å². The van der Waals surface area contributed by atoms with Crippen molar-refractivity contribution in [2.75, 3.05) is 6.54 Å². The molecule has 0 radical (unpaired) electrons. The minimum absolute atomic E-state index is 0.0177. The third kappa shape index (κ3) is 7.03. The molecule has 0 aliphatic carbocycles. The van der Waals surface area contributed by atoms with Crippen LogP contribution in [0.1, 0.15) is 28.6 Å². The Bertz CT molecular complexity index is 1820. The Kier molecular flexibility index (Phi) is 9.22. The lowest BCUT2D eigenvalue weighted by atomic mass is 9.85. The molecular formula is C29H29F2N7O4S2. The maximum Gasteiger partial charge on any atom is 0.294 e. The molecule has 1 aliphatic rings. The monoisotopic (exact) mass is 641 g/mol. The molecule has 15 heteroatoms. The highest BCUT2D eigenvalue weighted by molar-refractivity contribution is 7.85. The van der Waals surface area contributed by atoms with Crippen LogP contribution in [0, 0.1) is 18.6 Å². The molecular weight excluding hydrogens is 612 g/mol. The van der Waals surface area contributed by atoms with Crippen LogP contribution < -0.4 is 0 Å². The summed E-state index contributed by atoms with van der Waals surface area (Å²) >= 11 is 1.56. The Labute approximate surface area is 256 Å². The lowest BCUT2D eigenvalue weighted by molar-refractivity contribution is -0.0675. The van der Waals surface area contributed by atoms with Crippen molar-refractivity contribution in [2.45, 2.75) is 49.9 Å². The van der Waals surface area contributed by atoms with Gasteiger partial charge in [-0.05, 0) is 32.0 Å². The molecule has 0 spiro atoms. The number of rotatable bonds is 7. The molecule has 6 rings (SSSR count). The van der Waals surface area contributed by atoms with Gasteiger partial charge in [0.05, 0.1) is 17.1 Å². The quantitative estimate of drug-likeness (QED) is 0.250. The Morgan fingerprint density at radius 3 is 2.43 bits per heavy atom. The molecule has 4 heterocycles. The number of aryl methyl sites for hydroxylation is 1. The summed E-state index contributed by atoms with van der Waals surface area (Å²) in [5.74, 6) is -1.50. The molecule has 0 unspecified atom stereocenters. The fourth-order valence-corrected chi connectivity index (χ4v) is 6.52. The van der Waals surface area contributed by atoms with Crippen LogP contribution in [0.15, 0.2) is 78.7 Å².